The van der Waals surface area contributed by atoms with Crippen molar-refractivity contribution in [3.63, 3.8) is 0 Å². The van der Waals surface area contributed by atoms with Crippen molar-refractivity contribution in [2.75, 3.05) is 36.9 Å². The first-order valence-electron chi connectivity index (χ1n) is 5.98. The van der Waals surface area contributed by atoms with Gasteiger partial charge in [0.1, 0.15) is 0 Å². The van der Waals surface area contributed by atoms with Crippen molar-refractivity contribution in [2.24, 2.45) is 5.92 Å². The zero-order valence-electron chi connectivity index (χ0n) is 9.86. The van der Waals surface area contributed by atoms with E-state index < -0.39 is 0 Å². The molecule has 2 N–H and O–H groups in total. The summed E-state index contributed by atoms with van der Waals surface area (Å²) in [6.45, 7) is 5.98. The monoisotopic (exact) mass is 220 g/mol. The summed E-state index contributed by atoms with van der Waals surface area (Å²) < 4.78 is 5.47. The van der Waals surface area contributed by atoms with Crippen molar-refractivity contribution in [3.05, 3.63) is 24.3 Å². The summed E-state index contributed by atoms with van der Waals surface area (Å²) in [7, 11) is 0. The highest BCUT2D eigenvalue weighted by Crippen LogP contribution is 2.24. The van der Waals surface area contributed by atoms with E-state index in [0.29, 0.717) is 5.92 Å². The molecule has 1 fully saturated rings. The maximum Gasteiger partial charge on any atom is 0.0511 e. The van der Waals surface area contributed by atoms with Gasteiger partial charge in [-0.05, 0) is 37.6 Å². The van der Waals surface area contributed by atoms with Gasteiger partial charge in [0.25, 0.3) is 0 Å². The highest BCUT2D eigenvalue weighted by molar-refractivity contribution is 5.53. The lowest BCUT2D eigenvalue weighted by Gasteiger charge is -2.18. The molecule has 1 saturated heterocycles. The number of nitrogens with two attached hydrogens (primary N) is 1. The van der Waals surface area contributed by atoms with Gasteiger partial charge >= 0.3 is 0 Å². The summed E-state index contributed by atoms with van der Waals surface area (Å²) in [5, 5.41) is 0. The summed E-state index contributed by atoms with van der Waals surface area (Å²) in [6.07, 6.45) is 1.23. The molecule has 0 unspecified atom stereocenters. The van der Waals surface area contributed by atoms with Crippen molar-refractivity contribution in [1.82, 2.24) is 0 Å². The summed E-state index contributed by atoms with van der Waals surface area (Å²) >= 11 is 0. The van der Waals surface area contributed by atoms with Crippen LogP contribution in [0.4, 0.5) is 11.4 Å². The van der Waals surface area contributed by atoms with Gasteiger partial charge in [-0.25, -0.2) is 0 Å². The number of rotatable bonds is 4. The van der Waals surface area contributed by atoms with Gasteiger partial charge in [0.05, 0.1) is 6.61 Å². The SMILES string of the molecule is CCOC[C@@H]1CCN(c2ccc(N)cc2)C1. The summed E-state index contributed by atoms with van der Waals surface area (Å²) in [5.74, 6) is 0.678. The number of ether oxygens (including phenoxy) is 1. The lowest BCUT2D eigenvalue weighted by Crippen LogP contribution is -2.21. The first-order valence-corrected chi connectivity index (χ1v) is 5.98. The molecule has 0 aromatic heterocycles. The molecule has 0 radical (unpaired) electrons. The predicted molar refractivity (Wildman–Crippen MR) is 67.7 cm³/mol. The highest BCUT2D eigenvalue weighted by atomic mass is 16.5. The van der Waals surface area contributed by atoms with Crippen molar-refractivity contribution in [1.29, 1.82) is 0 Å². The number of nitrogens with zero attached hydrogens (tertiary/aromatic N) is 1. The second-order valence-corrected chi connectivity index (χ2v) is 4.35. The molecule has 0 amide bonds. The van der Waals surface area contributed by atoms with Gasteiger partial charge in [0, 0.05) is 37.0 Å². The van der Waals surface area contributed by atoms with E-state index in [2.05, 4.69) is 17.0 Å². The molecule has 1 aromatic carbocycles. The Morgan fingerprint density at radius 3 is 2.81 bits per heavy atom. The minimum atomic E-state index is 0.678. The van der Waals surface area contributed by atoms with Crippen LogP contribution in [0.25, 0.3) is 0 Å². The van der Waals surface area contributed by atoms with Gasteiger partial charge in [-0.1, -0.05) is 0 Å². The van der Waals surface area contributed by atoms with Crippen molar-refractivity contribution < 1.29 is 4.74 Å². The standard InChI is InChI=1S/C13H20N2O/c1-2-16-10-11-7-8-15(9-11)13-5-3-12(14)4-6-13/h3-6,11H,2,7-10,14H2,1H3/t11-/m1/s1. The molecule has 0 spiro atoms. The van der Waals surface area contributed by atoms with Gasteiger partial charge in [-0.3, -0.25) is 0 Å². The fourth-order valence-corrected chi connectivity index (χ4v) is 2.17. The van der Waals surface area contributed by atoms with Crippen LogP contribution in [-0.4, -0.2) is 26.3 Å². The average Bonchev–Trinajstić information content (AvgIpc) is 2.76. The smallest absolute Gasteiger partial charge is 0.0511 e. The van der Waals surface area contributed by atoms with Crippen LogP contribution in [0.3, 0.4) is 0 Å². The highest BCUT2D eigenvalue weighted by Gasteiger charge is 2.22. The Morgan fingerprint density at radius 1 is 1.38 bits per heavy atom. The molecule has 16 heavy (non-hydrogen) atoms. The average molecular weight is 220 g/mol. The number of nitrogen functional groups attached to an aromatic ring is 1. The third-order valence-corrected chi connectivity index (χ3v) is 3.10. The predicted octanol–water partition coefficient (Wildman–Crippen LogP) is 2.13. The van der Waals surface area contributed by atoms with Gasteiger partial charge in [-0.15, -0.1) is 0 Å². The minimum absolute atomic E-state index is 0.678. The number of benzene rings is 1. The molecule has 0 saturated carbocycles. The topological polar surface area (TPSA) is 38.5 Å². The molecule has 0 bridgehead atoms. The molecule has 3 nitrogen and oxygen atoms in total. The first-order chi connectivity index (χ1) is 7.79. The van der Waals surface area contributed by atoms with E-state index in [1.165, 1.54) is 12.1 Å². The zero-order valence-corrected chi connectivity index (χ0v) is 9.86. The van der Waals surface area contributed by atoms with Crippen molar-refractivity contribution in [3.8, 4) is 0 Å². The molecule has 88 valence electrons. The van der Waals surface area contributed by atoms with Crippen LogP contribution >= 0.6 is 0 Å². The van der Waals surface area contributed by atoms with Crippen molar-refractivity contribution >= 4 is 11.4 Å². The zero-order chi connectivity index (χ0) is 11.4. The van der Waals surface area contributed by atoms with E-state index in [0.717, 1.165) is 32.0 Å². The van der Waals surface area contributed by atoms with Crippen molar-refractivity contribution in [2.45, 2.75) is 13.3 Å². The Morgan fingerprint density at radius 2 is 2.12 bits per heavy atom. The maximum absolute atomic E-state index is 5.68. The number of hydrogen-bond donors (Lipinski definition) is 1. The molecule has 1 aliphatic heterocycles. The lowest BCUT2D eigenvalue weighted by molar-refractivity contribution is 0.117. The van der Waals surface area contributed by atoms with E-state index >= 15 is 0 Å². The molecule has 1 aliphatic rings. The van der Waals surface area contributed by atoms with Crippen LogP contribution in [-0.2, 0) is 4.74 Å². The number of anilines is 2. The summed E-state index contributed by atoms with van der Waals surface area (Å²) in [4.78, 5) is 2.41. The van der Waals surface area contributed by atoms with Crippen LogP contribution in [0.5, 0.6) is 0 Å². The molecule has 0 aliphatic carbocycles. The fraction of sp³-hybridized carbons (Fsp3) is 0.538. The van der Waals surface area contributed by atoms with E-state index in [1.54, 1.807) is 0 Å². The molecule has 3 heteroatoms. The molecular formula is C13H20N2O. The quantitative estimate of drug-likeness (QED) is 0.790. The maximum atomic E-state index is 5.68. The lowest BCUT2D eigenvalue weighted by atomic mass is 10.1. The Kier molecular flexibility index (Phi) is 3.67. The normalized spacial score (nSPS) is 20.3. The van der Waals surface area contributed by atoms with Gasteiger partial charge in [-0.2, -0.15) is 0 Å². The molecule has 1 atom stereocenters. The van der Waals surface area contributed by atoms with E-state index in [1.807, 2.05) is 19.1 Å². The molecule has 1 aromatic rings. The first kappa shape index (κ1) is 11.3. The number of hydrogen-bond acceptors (Lipinski definition) is 3. The molecule has 2 rings (SSSR count). The second kappa shape index (κ2) is 5.21. The largest absolute Gasteiger partial charge is 0.399 e. The Hall–Kier alpha value is -1.22. The molecule has 1 heterocycles. The Labute approximate surface area is 97.2 Å². The van der Waals surface area contributed by atoms with Gasteiger partial charge in [0.15, 0.2) is 0 Å². The Bertz CT molecular complexity index is 323. The van der Waals surface area contributed by atoms with Crippen LogP contribution in [0.1, 0.15) is 13.3 Å². The van der Waals surface area contributed by atoms with E-state index in [9.17, 15) is 0 Å². The summed E-state index contributed by atoms with van der Waals surface area (Å²) in [5.41, 5.74) is 7.78. The van der Waals surface area contributed by atoms with Crippen LogP contribution in [0.2, 0.25) is 0 Å². The minimum Gasteiger partial charge on any atom is -0.399 e. The Balaban J connectivity index is 1.90. The van der Waals surface area contributed by atoms with Gasteiger partial charge in [0.2, 0.25) is 0 Å². The second-order valence-electron chi connectivity index (χ2n) is 4.35. The van der Waals surface area contributed by atoms with Crippen LogP contribution in [0.15, 0.2) is 24.3 Å². The van der Waals surface area contributed by atoms with Gasteiger partial charge < -0.3 is 15.4 Å². The fourth-order valence-electron chi connectivity index (χ4n) is 2.17. The van der Waals surface area contributed by atoms with E-state index in [-0.39, 0.29) is 0 Å². The third kappa shape index (κ3) is 2.67. The van der Waals surface area contributed by atoms with Crippen LogP contribution < -0.4 is 10.6 Å². The molecular weight excluding hydrogens is 200 g/mol. The third-order valence-electron chi connectivity index (χ3n) is 3.10. The van der Waals surface area contributed by atoms with E-state index in [4.69, 9.17) is 10.5 Å². The van der Waals surface area contributed by atoms with Crippen LogP contribution in [0, 0.1) is 5.92 Å². The summed E-state index contributed by atoms with van der Waals surface area (Å²) in [6, 6.07) is 8.12.